The summed E-state index contributed by atoms with van der Waals surface area (Å²) >= 11 is 0. The van der Waals surface area contributed by atoms with Crippen molar-refractivity contribution in [3.63, 3.8) is 0 Å². The van der Waals surface area contributed by atoms with Crippen LogP contribution in [0.25, 0.3) is 6.08 Å². The summed E-state index contributed by atoms with van der Waals surface area (Å²) in [6.07, 6.45) is 5.03. The van der Waals surface area contributed by atoms with Gasteiger partial charge in [-0.15, -0.1) is 0 Å². The lowest BCUT2D eigenvalue weighted by atomic mass is 9.85. The molecule has 2 aromatic carbocycles. The Labute approximate surface area is 167 Å². The van der Waals surface area contributed by atoms with Crippen molar-refractivity contribution in [2.45, 2.75) is 26.2 Å². The van der Waals surface area contributed by atoms with Gasteiger partial charge in [-0.3, -0.25) is 4.79 Å². The van der Waals surface area contributed by atoms with Crippen LogP contribution in [0.3, 0.4) is 0 Å². The van der Waals surface area contributed by atoms with Gasteiger partial charge in [0.2, 0.25) is 0 Å². The van der Waals surface area contributed by atoms with Gasteiger partial charge in [0.1, 0.15) is 12.4 Å². The van der Waals surface area contributed by atoms with Gasteiger partial charge in [0.05, 0.1) is 14.2 Å². The zero-order valence-electron chi connectivity index (χ0n) is 17.2. The highest BCUT2D eigenvalue weighted by atomic mass is 16.5. The molecule has 0 aliphatic rings. The quantitative estimate of drug-likeness (QED) is 0.346. The first-order chi connectivity index (χ1) is 13.3. The van der Waals surface area contributed by atoms with E-state index < -0.39 is 0 Å². The van der Waals surface area contributed by atoms with Gasteiger partial charge in [-0.05, 0) is 53.5 Å². The summed E-state index contributed by atoms with van der Waals surface area (Å²) < 4.78 is 16.5. The molecule has 0 saturated carbocycles. The molecule has 4 heteroatoms. The molecule has 148 valence electrons. The number of hydrogen-bond acceptors (Lipinski definition) is 4. The molecule has 0 bridgehead atoms. The monoisotopic (exact) mass is 380 g/mol. The molecule has 0 saturated heterocycles. The predicted molar refractivity (Wildman–Crippen MR) is 114 cm³/mol. The molecular weight excluding hydrogens is 352 g/mol. The third-order valence-corrected chi connectivity index (χ3v) is 4.24. The number of ketones is 1. The molecule has 0 aliphatic carbocycles. The third-order valence-electron chi connectivity index (χ3n) is 4.24. The summed E-state index contributed by atoms with van der Waals surface area (Å²) in [6, 6.07) is 10.9. The largest absolute Gasteiger partial charge is 0.493 e. The second-order valence-corrected chi connectivity index (χ2v) is 7.38. The molecule has 28 heavy (non-hydrogen) atoms. The minimum Gasteiger partial charge on any atom is -0.493 e. The highest BCUT2D eigenvalue weighted by Crippen LogP contribution is 2.39. The molecule has 4 nitrogen and oxygen atoms in total. The van der Waals surface area contributed by atoms with Crippen LogP contribution in [0, 0.1) is 0 Å². The van der Waals surface area contributed by atoms with E-state index in [0.717, 1.165) is 11.1 Å². The van der Waals surface area contributed by atoms with Crippen molar-refractivity contribution in [1.82, 2.24) is 0 Å². The van der Waals surface area contributed by atoms with Gasteiger partial charge in [0.15, 0.2) is 17.3 Å². The summed E-state index contributed by atoms with van der Waals surface area (Å²) in [7, 11) is 3.24. The number of carbonyl (C=O) groups is 1. The maximum Gasteiger partial charge on any atom is 0.185 e. The van der Waals surface area contributed by atoms with Crippen LogP contribution in [0.15, 0.2) is 55.1 Å². The van der Waals surface area contributed by atoms with Crippen molar-refractivity contribution in [2.24, 2.45) is 0 Å². The second-order valence-electron chi connectivity index (χ2n) is 7.38. The summed E-state index contributed by atoms with van der Waals surface area (Å²) in [5.74, 6) is 1.98. The zero-order chi connectivity index (χ0) is 20.7. The van der Waals surface area contributed by atoms with Crippen LogP contribution in [0.4, 0.5) is 0 Å². The molecule has 0 unspecified atom stereocenters. The van der Waals surface area contributed by atoms with Gasteiger partial charge >= 0.3 is 0 Å². The molecule has 0 atom stereocenters. The minimum absolute atomic E-state index is 0.0811. The molecule has 0 aromatic heterocycles. The van der Waals surface area contributed by atoms with E-state index in [1.807, 2.05) is 12.1 Å². The lowest BCUT2D eigenvalue weighted by molar-refractivity contribution is 0.104. The van der Waals surface area contributed by atoms with Crippen LogP contribution < -0.4 is 14.2 Å². The minimum atomic E-state index is -0.131. The Balaban J connectivity index is 2.27. The van der Waals surface area contributed by atoms with Crippen LogP contribution >= 0.6 is 0 Å². The predicted octanol–water partition coefficient (Wildman–Crippen LogP) is 5.46. The van der Waals surface area contributed by atoms with Crippen molar-refractivity contribution in [3.8, 4) is 17.2 Å². The van der Waals surface area contributed by atoms with Gasteiger partial charge in [-0.25, -0.2) is 0 Å². The standard InChI is InChI=1S/C24H28O4/c1-7-14-28-19-11-9-18(10-12-19)21(25)13-8-17-15-20(24(2,3)4)23(27-6)22(16-17)26-5/h7-13,15-16H,1,14H2,2-6H3/b13-8+. The summed E-state index contributed by atoms with van der Waals surface area (Å²) in [5.41, 5.74) is 2.36. The molecule has 0 spiro atoms. The number of rotatable bonds is 8. The van der Waals surface area contributed by atoms with Crippen LogP contribution in [0.1, 0.15) is 42.3 Å². The van der Waals surface area contributed by atoms with Crippen LogP contribution in [0.2, 0.25) is 0 Å². The number of allylic oxidation sites excluding steroid dienone is 1. The Morgan fingerprint density at radius 2 is 1.75 bits per heavy atom. The maximum atomic E-state index is 12.5. The van der Waals surface area contributed by atoms with E-state index in [0.29, 0.717) is 29.4 Å². The lowest BCUT2D eigenvalue weighted by Gasteiger charge is -2.24. The van der Waals surface area contributed by atoms with Gasteiger partial charge in [0, 0.05) is 11.1 Å². The third kappa shape index (κ3) is 5.26. The number of benzene rings is 2. The highest BCUT2D eigenvalue weighted by molar-refractivity contribution is 6.06. The van der Waals surface area contributed by atoms with Gasteiger partial charge in [0.25, 0.3) is 0 Å². The van der Waals surface area contributed by atoms with E-state index in [1.165, 1.54) is 0 Å². The topological polar surface area (TPSA) is 44.8 Å². The number of ether oxygens (including phenoxy) is 3. The fourth-order valence-electron chi connectivity index (χ4n) is 2.78. The molecular formula is C24H28O4. The number of methoxy groups -OCH3 is 2. The molecule has 2 aromatic rings. The average molecular weight is 380 g/mol. The van der Waals surface area contributed by atoms with E-state index in [9.17, 15) is 4.79 Å². The number of carbonyl (C=O) groups excluding carboxylic acids is 1. The molecule has 0 radical (unpaired) electrons. The Hall–Kier alpha value is -3.01. The van der Waals surface area contributed by atoms with Crippen molar-refractivity contribution >= 4 is 11.9 Å². The normalized spacial score (nSPS) is 11.3. The summed E-state index contributed by atoms with van der Waals surface area (Å²) in [4.78, 5) is 12.5. The molecule has 0 aliphatic heterocycles. The Morgan fingerprint density at radius 1 is 1.07 bits per heavy atom. The Bertz CT molecular complexity index is 855. The van der Waals surface area contributed by atoms with Crippen molar-refractivity contribution < 1.29 is 19.0 Å². The maximum absolute atomic E-state index is 12.5. The fourth-order valence-corrected chi connectivity index (χ4v) is 2.78. The van der Waals surface area contributed by atoms with Crippen LogP contribution in [-0.2, 0) is 5.41 Å². The van der Waals surface area contributed by atoms with Gasteiger partial charge < -0.3 is 14.2 Å². The van der Waals surface area contributed by atoms with E-state index in [2.05, 4.69) is 27.4 Å². The Kier molecular flexibility index (Phi) is 7.05. The average Bonchev–Trinajstić information content (AvgIpc) is 2.69. The molecule has 2 rings (SSSR count). The zero-order valence-corrected chi connectivity index (χ0v) is 17.2. The molecule has 0 N–H and O–H groups in total. The van der Waals surface area contributed by atoms with Crippen LogP contribution in [0.5, 0.6) is 17.2 Å². The molecule has 0 fully saturated rings. The van der Waals surface area contributed by atoms with Gasteiger partial charge in [-0.1, -0.05) is 39.5 Å². The SMILES string of the molecule is C=CCOc1ccc(C(=O)/C=C/c2cc(OC)c(OC)c(C(C)(C)C)c2)cc1. The van der Waals surface area contributed by atoms with E-state index in [-0.39, 0.29) is 11.2 Å². The molecule has 0 heterocycles. The smallest absolute Gasteiger partial charge is 0.185 e. The van der Waals surface area contributed by atoms with E-state index >= 15 is 0 Å². The van der Waals surface area contributed by atoms with Crippen molar-refractivity contribution in [2.75, 3.05) is 20.8 Å². The summed E-state index contributed by atoms with van der Waals surface area (Å²) in [6.45, 7) is 10.4. The molecule has 0 amide bonds. The van der Waals surface area contributed by atoms with E-state index in [4.69, 9.17) is 14.2 Å². The highest BCUT2D eigenvalue weighted by Gasteiger charge is 2.22. The van der Waals surface area contributed by atoms with Crippen molar-refractivity contribution in [3.05, 3.63) is 71.8 Å². The number of hydrogen-bond donors (Lipinski definition) is 0. The second kappa shape index (κ2) is 9.27. The van der Waals surface area contributed by atoms with Crippen molar-refractivity contribution in [1.29, 1.82) is 0 Å². The van der Waals surface area contributed by atoms with E-state index in [1.54, 1.807) is 56.7 Å². The lowest BCUT2D eigenvalue weighted by Crippen LogP contribution is -2.13. The van der Waals surface area contributed by atoms with Crippen LogP contribution in [-0.4, -0.2) is 26.6 Å². The first kappa shape index (κ1) is 21.3. The Morgan fingerprint density at radius 3 is 2.29 bits per heavy atom. The van der Waals surface area contributed by atoms with Gasteiger partial charge in [-0.2, -0.15) is 0 Å². The first-order valence-corrected chi connectivity index (χ1v) is 9.12. The summed E-state index contributed by atoms with van der Waals surface area (Å²) in [5, 5.41) is 0. The first-order valence-electron chi connectivity index (χ1n) is 9.12. The fraction of sp³-hybridized carbons (Fsp3) is 0.292.